The molecule has 5 heterocycles. The number of halogens is 2. The lowest BCUT2D eigenvalue weighted by molar-refractivity contribution is 0.264. The maximum absolute atomic E-state index is 14.4. The Morgan fingerprint density at radius 1 is 1.12 bits per heavy atom. The molecule has 0 saturated carbocycles. The Kier molecular flexibility index (Phi) is 4.08. The predicted octanol–water partition coefficient (Wildman–Crippen LogP) is 3.53. The highest BCUT2D eigenvalue weighted by Gasteiger charge is 2.47. The van der Waals surface area contributed by atoms with Crippen LogP contribution >= 0.6 is 0 Å². The highest BCUT2D eigenvalue weighted by molar-refractivity contribution is 5.78. The van der Waals surface area contributed by atoms with Gasteiger partial charge in [-0.1, -0.05) is 6.07 Å². The molecule has 2 aromatic heterocycles. The number of nitrogens with zero attached hydrogens (tertiary/aromatic N) is 4. The Balaban J connectivity index is 1.52. The molecule has 3 aliphatic heterocycles. The number of aromatic nitrogens is 2. The van der Waals surface area contributed by atoms with Crippen molar-refractivity contribution >= 4 is 11.8 Å². The molecule has 6 rings (SSSR count). The average Bonchev–Trinajstić information content (AvgIpc) is 3.41. The van der Waals surface area contributed by atoms with Gasteiger partial charge in [0.2, 0.25) is 5.95 Å². The summed E-state index contributed by atoms with van der Waals surface area (Å²) < 4.78 is 39.9. The van der Waals surface area contributed by atoms with Crippen LogP contribution in [0.5, 0.6) is 11.5 Å². The van der Waals surface area contributed by atoms with Crippen LogP contribution in [0.4, 0.5) is 14.6 Å². The first-order chi connectivity index (χ1) is 15.5. The molecule has 1 aromatic carbocycles. The molecule has 1 spiro atoms. The number of rotatable bonds is 2. The van der Waals surface area contributed by atoms with E-state index in [1.165, 1.54) is 6.20 Å². The number of alkyl halides is 1. The topological polar surface area (TPSA) is 85.9 Å². The molecular weight excluding hydrogens is 416 g/mol. The fourth-order valence-corrected chi connectivity index (χ4v) is 4.62. The van der Waals surface area contributed by atoms with Crippen LogP contribution in [-0.4, -0.2) is 41.9 Å². The zero-order valence-corrected chi connectivity index (χ0v) is 17.0. The molecule has 3 aliphatic rings. The van der Waals surface area contributed by atoms with Gasteiger partial charge >= 0.3 is 0 Å². The standard InChI is InChI=1S/C23H19F2N5O2/c24-14-5-7-30(11-14)20-9-17-19(10-28-20)32-18-4-3-13(15-2-1-6-27-21(15)25)8-16(18)23(17)12-31-22(26)29-23/h1-4,6,8-10,14H,5,7,11-12H2,(H2,26,29)/t14-,23?/m0/s1. The highest BCUT2D eigenvalue weighted by atomic mass is 19.1. The lowest BCUT2D eigenvalue weighted by Gasteiger charge is -2.34. The zero-order chi connectivity index (χ0) is 21.9. The Bertz CT molecular complexity index is 1270. The first-order valence-corrected chi connectivity index (χ1v) is 10.3. The predicted molar refractivity (Wildman–Crippen MR) is 114 cm³/mol. The van der Waals surface area contributed by atoms with Crippen molar-refractivity contribution in [3.63, 3.8) is 0 Å². The van der Waals surface area contributed by atoms with Crippen molar-refractivity contribution < 1.29 is 18.3 Å². The molecule has 0 amide bonds. The van der Waals surface area contributed by atoms with E-state index in [0.29, 0.717) is 53.5 Å². The number of pyridine rings is 2. The van der Waals surface area contributed by atoms with Gasteiger partial charge < -0.3 is 20.1 Å². The number of amidine groups is 1. The van der Waals surface area contributed by atoms with E-state index in [1.54, 1.807) is 30.5 Å². The first kappa shape index (κ1) is 19.0. The van der Waals surface area contributed by atoms with Gasteiger partial charge in [0.15, 0.2) is 11.3 Å². The Morgan fingerprint density at radius 2 is 2.00 bits per heavy atom. The Morgan fingerprint density at radius 3 is 2.75 bits per heavy atom. The second-order valence-electron chi connectivity index (χ2n) is 8.12. The monoisotopic (exact) mass is 435 g/mol. The van der Waals surface area contributed by atoms with Crippen LogP contribution in [0.25, 0.3) is 11.1 Å². The quantitative estimate of drug-likeness (QED) is 0.620. The molecule has 1 unspecified atom stereocenters. The van der Waals surface area contributed by atoms with Gasteiger partial charge in [0.1, 0.15) is 24.3 Å². The number of benzene rings is 1. The summed E-state index contributed by atoms with van der Waals surface area (Å²) in [5.41, 5.74) is 7.40. The maximum Gasteiger partial charge on any atom is 0.283 e. The third kappa shape index (κ3) is 2.80. The van der Waals surface area contributed by atoms with E-state index < -0.39 is 17.7 Å². The number of anilines is 1. The largest absolute Gasteiger partial charge is 0.462 e. The summed E-state index contributed by atoms with van der Waals surface area (Å²) in [5, 5.41) is 0. The Labute approximate surface area is 182 Å². The van der Waals surface area contributed by atoms with Crippen LogP contribution in [-0.2, 0) is 10.3 Å². The van der Waals surface area contributed by atoms with Crippen molar-refractivity contribution in [2.24, 2.45) is 10.7 Å². The van der Waals surface area contributed by atoms with Crippen LogP contribution in [0.2, 0.25) is 0 Å². The molecule has 2 atom stereocenters. The van der Waals surface area contributed by atoms with Crippen molar-refractivity contribution in [2.75, 3.05) is 24.6 Å². The van der Waals surface area contributed by atoms with E-state index in [-0.39, 0.29) is 12.6 Å². The molecule has 0 bridgehead atoms. The van der Waals surface area contributed by atoms with Crippen LogP contribution in [0, 0.1) is 5.95 Å². The van der Waals surface area contributed by atoms with Crippen LogP contribution in [0.15, 0.2) is 53.8 Å². The van der Waals surface area contributed by atoms with E-state index in [2.05, 4.69) is 15.0 Å². The van der Waals surface area contributed by atoms with E-state index in [0.717, 1.165) is 5.56 Å². The van der Waals surface area contributed by atoms with Gasteiger partial charge in [-0.15, -0.1) is 0 Å². The number of aliphatic imine (C=N–C) groups is 1. The summed E-state index contributed by atoms with van der Waals surface area (Å²) >= 11 is 0. The highest BCUT2D eigenvalue weighted by Crippen LogP contribution is 2.52. The zero-order valence-electron chi connectivity index (χ0n) is 17.0. The number of fused-ring (bicyclic) bond motifs is 4. The SMILES string of the molecule is NC1=NC2(CO1)c1cc(-c3cccnc3F)ccc1Oc1cnc(N3CC[C@H](F)C3)cc12. The van der Waals surface area contributed by atoms with E-state index in [4.69, 9.17) is 15.2 Å². The van der Waals surface area contributed by atoms with Gasteiger partial charge in [-0.3, -0.25) is 0 Å². The molecule has 0 radical (unpaired) electrons. The smallest absolute Gasteiger partial charge is 0.283 e. The summed E-state index contributed by atoms with van der Waals surface area (Å²) in [6.45, 7) is 1.04. The molecule has 32 heavy (non-hydrogen) atoms. The summed E-state index contributed by atoms with van der Waals surface area (Å²) in [6.07, 6.45) is 2.62. The van der Waals surface area contributed by atoms with E-state index in [9.17, 15) is 8.78 Å². The van der Waals surface area contributed by atoms with Crippen molar-refractivity contribution in [2.45, 2.75) is 18.1 Å². The summed E-state index contributed by atoms with van der Waals surface area (Å²) in [4.78, 5) is 14.8. The second kappa shape index (κ2) is 6.88. The third-order valence-electron chi connectivity index (χ3n) is 6.20. The van der Waals surface area contributed by atoms with Gasteiger partial charge in [-0.25, -0.2) is 19.4 Å². The average molecular weight is 435 g/mol. The molecule has 1 saturated heterocycles. The fraction of sp³-hybridized carbons (Fsp3) is 0.261. The molecule has 162 valence electrons. The fourth-order valence-electron chi connectivity index (χ4n) is 4.62. The summed E-state index contributed by atoms with van der Waals surface area (Å²) in [6, 6.07) is 10.6. The number of nitrogens with two attached hydrogens (primary N) is 1. The van der Waals surface area contributed by atoms with E-state index >= 15 is 0 Å². The molecular formula is C23H19F2N5O2. The lowest BCUT2D eigenvalue weighted by atomic mass is 9.81. The number of ether oxygens (including phenoxy) is 2. The van der Waals surface area contributed by atoms with Crippen LogP contribution < -0.4 is 15.4 Å². The minimum Gasteiger partial charge on any atom is -0.462 e. The second-order valence-corrected chi connectivity index (χ2v) is 8.12. The van der Waals surface area contributed by atoms with Crippen molar-refractivity contribution in [1.29, 1.82) is 0 Å². The molecule has 3 aromatic rings. The number of hydrogen-bond donors (Lipinski definition) is 1. The Hall–Kier alpha value is -3.75. The molecule has 9 heteroatoms. The molecule has 7 nitrogen and oxygen atoms in total. The normalized spacial score (nSPS) is 23.4. The molecule has 1 fully saturated rings. The maximum atomic E-state index is 14.4. The van der Waals surface area contributed by atoms with Crippen molar-refractivity contribution in [3.05, 3.63) is 65.9 Å². The van der Waals surface area contributed by atoms with E-state index in [1.807, 2.05) is 17.0 Å². The summed E-state index contributed by atoms with van der Waals surface area (Å²) in [5.74, 6) is 1.17. The van der Waals surface area contributed by atoms with Gasteiger partial charge in [0.25, 0.3) is 6.02 Å². The molecule has 2 N–H and O–H groups in total. The van der Waals surface area contributed by atoms with Gasteiger partial charge in [-0.2, -0.15) is 4.39 Å². The van der Waals surface area contributed by atoms with Crippen molar-refractivity contribution in [3.8, 4) is 22.6 Å². The van der Waals surface area contributed by atoms with Gasteiger partial charge in [0.05, 0.1) is 12.7 Å². The lowest BCUT2D eigenvalue weighted by Crippen LogP contribution is -2.32. The van der Waals surface area contributed by atoms with Crippen LogP contribution in [0.1, 0.15) is 17.5 Å². The van der Waals surface area contributed by atoms with Crippen LogP contribution in [0.3, 0.4) is 0 Å². The molecule has 0 aliphatic carbocycles. The first-order valence-electron chi connectivity index (χ1n) is 10.3. The number of hydrogen-bond acceptors (Lipinski definition) is 7. The van der Waals surface area contributed by atoms with Gasteiger partial charge in [0, 0.05) is 29.4 Å². The minimum atomic E-state index is -0.978. The minimum absolute atomic E-state index is 0.0603. The third-order valence-corrected chi connectivity index (χ3v) is 6.20. The summed E-state index contributed by atoms with van der Waals surface area (Å²) in [7, 11) is 0. The van der Waals surface area contributed by atoms with Gasteiger partial charge in [-0.05, 0) is 42.3 Å². The van der Waals surface area contributed by atoms with Crippen molar-refractivity contribution in [1.82, 2.24) is 9.97 Å².